The first-order chi connectivity index (χ1) is 14.1. The van der Waals surface area contributed by atoms with Gasteiger partial charge in [-0.3, -0.25) is 0 Å². The Morgan fingerprint density at radius 3 is 2.62 bits per heavy atom. The Balaban J connectivity index is 1.65. The number of rotatable bonds is 5. The molecule has 0 unspecified atom stereocenters. The molecular formula is C23H18F2N2OS. The van der Waals surface area contributed by atoms with E-state index in [1.807, 2.05) is 49.1 Å². The van der Waals surface area contributed by atoms with Crippen LogP contribution in [0.1, 0.15) is 18.5 Å². The quantitative estimate of drug-likeness (QED) is 0.392. The van der Waals surface area contributed by atoms with Crippen molar-refractivity contribution in [3.63, 3.8) is 0 Å². The van der Waals surface area contributed by atoms with Crippen LogP contribution in [0.5, 0.6) is 11.5 Å². The van der Waals surface area contributed by atoms with Gasteiger partial charge < -0.3 is 9.72 Å². The maximum Gasteiger partial charge on any atom is 0.168 e. The number of H-pyrrole nitrogens is 1. The monoisotopic (exact) mass is 408 g/mol. The average molecular weight is 408 g/mol. The molecule has 146 valence electrons. The van der Waals surface area contributed by atoms with Gasteiger partial charge in [0, 0.05) is 39.1 Å². The zero-order valence-corrected chi connectivity index (χ0v) is 16.5. The van der Waals surface area contributed by atoms with Crippen LogP contribution in [0, 0.1) is 18.6 Å². The SMILES string of the molecule is Cc1cc(-c2cc(SC3CC3)ccc2Oc2ccc(F)cc2F)c2cc[nH]c2n1. The Labute approximate surface area is 171 Å². The number of ether oxygens (including phenoxy) is 1. The Bertz CT molecular complexity index is 1220. The van der Waals surface area contributed by atoms with Crippen LogP contribution in [0.2, 0.25) is 0 Å². The zero-order valence-electron chi connectivity index (χ0n) is 15.7. The first kappa shape index (κ1) is 18.2. The van der Waals surface area contributed by atoms with Crippen molar-refractivity contribution in [2.45, 2.75) is 29.9 Å². The van der Waals surface area contributed by atoms with E-state index >= 15 is 0 Å². The van der Waals surface area contributed by atoms with Crippen molar-refractivity contribution in [2.75, 3.05) is 0 Å². The van der Waals surface area contributed by atoms with E-state index in [0.29, 0.717) is 11.0 Å². The molecule has 2 heterocycles. The summed E-state index contributed by atoms with van der Waals surface area (Å²) in [6.07, 6.45) is 4.31. The van der Waals surface area contributed by atoms with Gasteiger partial charge in [-0.15, -0.1) is 11.8 Å². The van der Waals surface area contributed by atoms with E-state index in [1.54, 1.807) is 0 Å². The number of thioether (sulfide) groups is 1. The Morgan fingerprint density at radius 1 is 1.00 bits per heavy atom. The van der Waals surface area contributed by atoms with Crippen molar-refractivity contribution >= 4 is 22.8 Å². The summed E-state index contributed by atoms with van der Waals surface area (Å²) in [5.41, 5.74) is 3.48. The summed E-state index contributed by atoms with van der Waals surface area (Å²) in [4.78, 5) is 8.84. The Kier molecular flexibility index (Phi) is 4.51. The maximum absolute atomic E-state index is 14.2. The maximum atomic E-state index is 14.2. The van der Waals surface area contributed by atoms with Crippen LogP contribution in [0.3, 0.4) is 0 Å². The molecule has 5 rings (SSSR count). The fourth-order valence-electron chi connectivity index (χ4n) is 3.33. The number of benzene rings is 2. The number of nitrogens with zero attached hydrogens (tertiary/aromatic N) is 1. The first-order valence-corrected chi connectivity index (χ1v) is 10.3. The van der Waals surface area contributed by atoms with E-state index in [0.717, 1.165) is 38.8 Å². The Hall–Kier alpha value is -2.86. The molecule has 1 N–H and O–H groups in total. The largest absolute Gasteiger partial charge is 0.454 e. The fourth-order valence-corrected chi connectivity index (χ4v) is 4.41. The van der Waals surface area contributed by atoms with Gasteiger partial charge in [0.25, 0.3) is 0 Å². The number of aromatic amines is 1. The summed E-state index contributed by atoms with van der Waals surface area (Å²) < 4.78 is 33.4. The number of hydrogen-bond donors (Lipinski definition) is 1. The van der Waals surface area contributed by atoms with Crippen molar-refractivity contribution in [3.05, 3.63) is 72.1 Å². The van der Waals surface area contributed by atoms with Crippen LogP contribution in [0.15, 0.2) is 59.6 Å². The standard InChI is InChI=1S/C23H18F2N2OS/c1-13-10-18(17-8-9-26-23(17)27-13)19-12-16(29-15-3-4-15)5-7-21(19)28-22-6-2-14(24)11-20(22)25/h2,5-12,15H,3-4H2,1H3,(H,26,27). The number of fused-ring (bicyclic) bond motifs is 1. The average Bonchev–Trinajstić information content (AvgIpc) is 3.38. The predicted octanol–water partition coefficient (Wildman–Crippen LogP) is 6.86. The van der Waals surface area contributed by atoms with Gasteiger partial charge in [0.2, 0.25) is 0 Å². The van der Waals surface area contributed by atoms with Gasteiger partial charge in [-0.05, 0) is 67.8 Å². The topological polar surface area (TPSA) is 37.9 Å². The molecule has 2 aromatic heterocycles. The van der Waals surface area contributed by atoms with Crippen molar-refractivity contribution in [1.29, 1.82) is 0 Å². The lowest BCUT2D eigenvalue weighted by Gasteiger charge is -2.15. The van der Waals surface area contributed by atoms with Crippen LogP contribution in [-0.2, 0) is 0 Å². The summed E-state index contributed by atoms with van der Waals surface area (Å²) in [7, 11) is 0. The molecule has 1 aliphatic rings. The highest BCUT2D eigenvalue weighted by atomic mass is 32.2. The van der Waals surface area contributed by atoms with Crippen LogP contribution < -0.4 is 4.74 Å². The molecule has 4 aromatic rings. The Morgan fingerprint density at radius 2 is 1.83 bits per heavy atom. The lowest BCUT2D eigenvalue weighted by Crippen LogP contribution is -1.94. The molecule has 1 saturated carbocycles. The smallest absolute Gasteiger partial charge is 0.168 e. The van der Waals surface area contributed by atoms with E-state index in [2.05, 4.69) is 16.0 Å². The minimum Gasteiger partial charge on any atom is -0.454 e. The van der Waals surface area contributed by atoms with E-state index in [1.165, 1.54) is 25.0 Å². The van der Waals surface area contributed by atoms with Crippen molar-refractivity contribution in [2.24, 2.45) is 0 Å². The number of nitrogens with one attached hydrogen (secondary N) is 1. The zero-order chi connectivity index (χ0) is 20.0. The van der Waals surface area contributed by atoms with E-state index in [-0.39, 0.29) is 5.75 Å². The number of aryl methyl sites for hydroxylation is 1. The third kappa shape index (κ3) is 3.72. The normalized spacial score (nSPS) is 13.8. The molecule has 2 aromatic carbocycles. The van der Waals surface area contributed by atoms with Gasteiger partial charge in [0.1, 0.15) is 17.2 Å². The van der Waals surface area contributed by atoms with Crippen LogP contribution in [0.4, 0.5) is 8.78 Å². The third-order valence-corrected chi connectivity index (χ3v) is 6.17. The number of halogens is 2. The van der Waals surface area contributed by atoms with Gasteiger partial charge in [0.05, 0.1) is 0 Å². The summed E-state index contributed by atoms with van der Waals surface area (Å²) in [5.74, 6) is -0.856. The van der Waals surface area contributed by atoms with E-state index in [9.17, 15) is 8.78 Å². The molecule has 0 radical (unpaired) electrons. The first-order valence-electron chi connectivity index (χ1n) is 9.45. The summed E-state index contributed by atoms with van der Waals surface area (Å²) >= 11 is 1.85. The van der Waals surface area contributed by atoms with Crippen molar-refractivity contribution < 1.29 is 13.5 Å². The number of pyridine rings is 1. The number of hydrogen-bond acceptors (Lipinski definition) is 3. The highest BCUT2D eigenvalue weighted by Gasteiger charge is 2.23. The molecule has 1 aliphatic carbocycles. The predicted molar refractivity (Wildman–Crippen MR) is 112 cm³/mol. The van der Waals surface area contributed by atoms with Crippen molar-refractivity contribution in [1.82, 2.24) is 9.97 Å². The van der Waals surface area contributed by atoms with E-state index < -0.39 is 11.6 Å². The minimum absolute atomic E-state index is 0.00802. The van der Waals surface area contributed by atoms with Gasteiger partial charge in [-0.25, -0.2) is 13.8 Å². The van der Waals surface area contributed by atoms with Gasteiger partial charge >= 0.3 is 0 Å². The van der Waals surface area contributed by atoms with Crippen molar-refractivity contribution in [3.8, 4) is 22.6 Å². The van der Waals surface area contributed by atoms with Crippen LogP contribution in [-0.4, -0.2) is 15.2 Å². The fraction of sp³-hybridized carbons (Fsp3) is 0.174. The highest BCUT2D eigenvalue weighted by Crippen LogP contribution is 2.44. The molecule has 1 fully saturated rings. The summed E-state index contributed by atoms with van der Waals surface area (Å²) in [6.45, 7) is 1.94. The molecule has 0 atom stereocenters. The molecule has 0 saturated heterocycles. The molecule has 0 amide bonds. The molecule has 29 heavy (non-hydrogen) atoms. The summed E-state index contributed by atoms with van der Waals surface area (Å²) in [6, 6.07) is 13.2. The molecule has 6 heteroatoms. The second-order valence-corrected chi connectivity index (χ2v) is 8.58. The lowest BCUT2D eigenvalue weighted by molar-refractivity contribution is 0.439. The second-order valence-electron chi connectivity index (χ2n) is 7.20. The van der Waals surface area contributed by atoms with Gasteiger partial charge in [0.15, 0.2) is 11.6 Å². The number of aromatic nitrogens is 2. The molecule has 3 nitrogen and oxygen atoms in total. The minimum atomic E-state index is -0.731. The van der Waals surface area contributed by atoms with Crippen LogP contribution in [0.25, 0.3) is 22.2 Å². The van der Waals surface area contributed by atoms with E-state index in [4.69, 9.17) is 4.74 Å². The summed E-state index contributed by atoms with van der Waals surface area (Å²) in [5, 5.41) is 1.63. The third-order valence-electron chi connectivity index (χ3n) is 4.84. The highest BCUT2D eigenvalue weighted by molar-refractivity contribution is 8.00. The molecule has 0 bridgehead atoms. The van der Waals surface area contributed by atoms with Crippen LogP contribution >= 0.6 is 11.8 Å². The molecular weight excluding hydrogens is 390 g/mol. The second kappa shape index (κ2) is 7.19. The lowest BCUT2D eigenvalue weighted by atomic mass is 10.0. The van der Waals surface area contributed by atoms with Gasteiger partial charge in [-0.1, -0.05) is 0 Å². The van der Waals surface area contributed by atoms with Gasteiger partial charge in [-0.2, -0.15) is 0 Å². The molecule has 0 aliphatic heterocycles. The molecule has 0 spiro atoms.